The molecule has 0 amide bonds. The quantitative estimate of drug-likeness (QED) is 0.607. The van der Waals surface area contributed by atoms with Gasteiger partial charge in [0.05, 0.1) is 25.9 Å². The molecule has 0 bridgehead atoms. The molecule has 0 atom stereocenters. The number of nitrogens with two attached hydrogens (primary N) is 1. The lowest BCUT2D eigenvalue weighted by atomic mass is 9.97. The Morgan fingerprint density at radius 3 is 2.67 bits per heavy atom. The maximum absolute atomic E-state index is 6.12. The molecule has 7 nitrogen and oxygen atoms in total. The van der Waals surface area contributed by atoms with Gasteiger partial charge in [-0.2, -0.15) is 0 Å². The molecule has 0 spiro atoms. The minimum atomic E-state index is -0.0459. The van der Waals surface area contributed by atoms with Crippen LogP contribution in [0.5, 0.6) is 11.5 Å². The van der Waals surface area contributed by atoms with Gasteiger partial charge < -0.3 is 25.3 Å². The van der Waals surface area contributed by atoms with Crippen molar-refractivity contribution in [2.75, 3.05) is 45.3 Å². The maximum Gasteiger partial charge on any atom is 0.193 e. The molecule has 1 saturated heterocycles. The van der Waals surface area contributed by atoms with Crippen molar-refractivity contribution in [1.82, 2.24) is 4.90 Å². The molecule has 0 aliphatic carbocycles. The van der Waals surface area contributed by atoms with Gasteiger partial charge in [0.15, 0.2) is 17.5 Å². The molecular weight excluding hydrogens is 344 g/mol. The number of benzene rings is 1. The summed E-state index contributed by atoms with van der Waals surface area (Å²) in [6.45, 7) is 8.45. The molecule has 0 saturated carbocycles. The highest BCUT2D eigenvalue weighted by molar-refractivity contribution is 5.92. The van der Waals surface area contributed by atoms with Gasteiger partial charge in [-0.25, -0.2) is 0 Å². The van der Waals surface area contributed by atoms with E-state index in [1.165, 1.54) is 0 Å². The van der Waals surface area contributed by atoms with Crippen LogP contribution < -0.4 is 20.5 Å². The summed E-state index contributed by atoms with van der Waals surface area (Å²) in [5, 5.41) is 3.16. The molecule has 1 aromatic carbocycles. The van der Waals surface area contributed by atoms with Crippen molar-refractivity contribution >= 4 is 11.6 Å². The Labute approximate surface area is 161 Å². The van der Waals surface area contributed by atoms with Crippen LogP contribution in [-0.2, 0) is 4.74 Å². The zero-order valence-corrected chi connectivity index (χ0v) is 16.7. The predicted octanol–water partition coefficient (Wildman–Crippen LogP) is 2.46. The van der Waals surface area contributed by atoms with Crippen LogP contribution in [0.2, 0.25) is 0 Å². The number of aliphatic imine (C=N–C) groups is 1. The largest absolute Gasteiger partial charge is 0.490 e. The van der Waals surface area contributed by atoms with Crippen LogP contribution in [0.25, 0.3) is 0 Å². The summed E-state index contributed by atoms with van der Waals surface area (Å²) in [7, 11) is 1.79. The molecular formula is C20H32N4O3. The highest BCUT2D eigenvalue weighted by atomic mass is 16.5. The number of nitrogens with one attached hydrogen (secondary N) is 1. The van der Waals surface area contributed by atoms with Crippen molar-refractivity contribution in [2.24, 2.45) is 10.7 Å². The van der Waals surface area contributed by atoms with E-state index in [9.17, 15) is 0 Å². The Balaban J connectivity index is 1.57. The molecule has 27 heavy (non-hydrogen) atoms. The second-order valence-corrected chi connectivity index (χ2v) is 7.77. The minimum Gasteiger partial charge on any atom is -0.490 e. The van der Waals surface area contributed by atoms with Gasteiger partial charge in [0.1, 0.15) is 0 Å². The van der Waals surface area contributed by atoms with Crippen LogP contribution in [-0.4, -0.2) is 62.5 Å². The molecule has 1 aromatic rings. The summed E-state index contributed by atoms with van der Waals surface area (Å²) in [5.41, 5.74) is 6.92. The Morgan fingerprint density at radius 2 is 1.96 bits per heavy atom. The van der Waals surface area contributed by atoms with Crippen LogP contribution in [0.1, 0.15) is 33.1 Å². The molecule has 150 valence electrons. The number of ether oxygens (including phenoxy) is 3. The monoisotopic (exact) mass is 376 g/mol. The predicted molar refractivity (Wildman–Crippen MR) is 108 cm³/mol. The molecule has 1 fully saturated rings. The second kappa shape index (κ2) is 8.80. The average molecular weight is 377 g/mol. The van der Waals surface area contributed by atoms with E-state index in [0.717, 1.165) is 49.5 Å². The SMILES string of the molecule is COC1CCN(C(C)(C)CN=C(N)Nc2ccc3c(c2)OCCCO3)CC1. The molecule has 0 radical (unpaired) electrons. The van der Waals surface area contributed by atoms with Gasteiger partial charge in [-0.15, -0.1) is 0 Å². The number of rotatable bonds is 5. The van der Waals surface area contributed by atoms with Crippen molar-refractivity contribution in [3.05, 3.63) is 18.2 Å². The normalized spacial score (nSPS) is 19.6. The van der Waals surface area contributed by atoms with Gasteiger partial charge in [0.25, 0.3) is 0 Å². The fraction of sp³-hybridized carbons (Fsp3) is 0.650. The van der Waals surface area contributed by atoms with E-state index >= 15 is 0 Å². The van der Waals surface area contributed by atoms with Gasteiger partial charge in [-0.05, 0) is 38.8 Å². The topological polar surface area (TPSA) is 81.3 Å². The van der Waals surface area contributed by atoms with Gasteiger partial charge in [0.2, 0.25) is 0 Å². The van der Waals surface area contributed by atoms with E-state index in [-0.39, 0.29) is 5.54 Å². The molecule has 3 N–H and O–H groups in total. The fourth-order valence-electron chi connectivity index (χ4n) is 3.50. The first-order valence-electron chi connectivity index (χ1n) is 9.72. The maximum atomic E-state index is 6.12. The minimum absolute atomic E-state index is 0.0459. The average Bonchev–Trinajstić information content (AvgIpc) is 2.91. The summed E-state index contributed by atoms with van der Waals surface area (Å²) >= 11 is 0. The second-order valence-electron chi connectivity index (χ2n) is 7.77. The smallest absolute Gasteiger partial charge is 0.193 e. The Morgan fingerprint density at radius 1 is 1.26 bits per heavy atom. The number of hydrogen-bond donors (Lipinski definition) is 2. The Hall–Kier alpha value is -1.99. The third-order valence-corrected chi connectivity index (χ3v) is 5.29. The van der Waals surface area contributed by atoms with Gasteiger partial charge in [-0.3, -0.25) is 9.89 Å². The molecule has 2 heterocycles. The zero-order chi connectivity index (χ0) is 19.3. The van der Waals surface area contributed by atoms with Crippen molar-refractivity contribution in [3.63, 3.8) is 0 Å². The third-order valence-electron chi connectivity index (χ3n) is 5.29. The molecule has 2 aliphatic heterocycles. The number of methoxy groups -OCH3 is 1. The van der Waals surface area contributed by atoms with Crippen LogP contribution >= 0.6 is 0 Å². The number of anilines is 1. The van der Waals surface area contributed by atoms with Crippen molar-refractivity contribution < 1.29 is 14.2 Å². The summed E-state index contributed by atoms with van der Waals surface area (Å²) < 4.78 is 16.8. The van der Waals surface area contributed by atoms with Crippen molar-refractivity contribution in [1.29, 1.82) is 0 Å². The van der Waals surface area contributed by atoms with E-state index in [1.54, 1.807) is 7.11 Å². The molecule has 0 unspecified atom stereocenters. The lowest BCUT2D eigenvalue weighted by Crippen LogP contribution is -2.51. The Bertz CT molecular complexity index is 655. The van der Waals surface area contributed by atoms with Gasteiger partial charge in [-0.1, -0.05) is 0 Å². The van der Waals surface area contributed by atoms with Crippen LogP contribution in [0.15, 0.2) is 23.2 Å². The molecule has 3 rings (SSSR count). The lowest BCUT2D eigenvalue weighted by molar-refractivity contribution is 0.00912. The number of hydrogen-bond acceptors (Lipinski definition) is 5. The highest BCUT2D eigenvalue weighted by Gasteiger charge is 2.30. The Kier molecular flexibility index (Phi) is 6.44. The lowest BCUT2D eigenvalue weighted by Gasteiger charge is -2.41. The first-order valence-corrected chi connectivity index (χ1v) is 9.72. The zero-order valence-electron chi connectivity index (χ0n) is 16.7. The number of nitrogens with zero attached hydrogens (tertiary/aromatic N) is 2. The van der Waals surface area contributed by atoms with Crippen LogP contribution in [0.3, 0.4) is 0 Å². The summed E-state index contributed by atoms with van der Waals surface area (Å²) in [5.74, 6) is 1.92. The standard InChI is InChI=1S/C20H32N4O3/c1-20(2,24-9-7-16(25-3)8-10-24)14-22-19(21)23-15-5-6-17-18(13-15)27-12-4-11-26-17/h5-6,13,16H,4,7-12,14H2,1-3H3,(H3,21,22,23). The molecule has 7 heteroatoms. The van der Waals surface area contributed by atoms with Crippen LogP contribution in [0, 0.1) is 0 Å². The number of piperidine rings is 1. The van der Waals surface area contributed by atoms with E-state index in [2.05, 4.69) is 29.1 Å². The van der Waals surface area contributed by atoms with Crippen molar-refractivity contribution in [3.8, 4) is 11.5 Å². The summed E-state index contributed by atoms with van der Waals surface area (Å²) in [6.07, 6.45) is 3.40. The highest BCUT2D eigenvalue weighted by Crippen LogP contribution is 2.32. The van der Waals surface area contributed by atoms with Gasteiger partial charge >= 0.3 is 0 Å². The van der Waals surface area contributed by atoms with Crippen molar-refractivity contribution in [2.45, 2.75) is 44.8 Å². The number of likely N-dealkylation sites (tertiary alicyclic amines) is 1. The third kappa shape index (κ3) is 5.26. The van der Waals surface area contributed by atoms with E-state index in [0.29, 0.717) is 31.8 Å². The summed E-state index contributed by atoms with van der Waals surface area (Å²) in [6, 6.07) is 5.74. The first kappa shape index (κ1) is 19.8. The van der Waals surface area contributed by atoms with E-state index < -0.39 is 0 Å². The van der Waals surface area contributed by atoms with Crippen LogP contribution in [0.4, 0.5) is 5.69 Å². The number of guanidine groups is 1. The number of fused-ring (bicyclic) bond motifs is 1. The van der Waals surface area contributed by atoms with E-state index in [4.69, 9.17) is 19.9 Å². The first-order chi connectivity index (χ1) is 13.0. The fourth-order valence-corrected chi connectivity index (χ4v) is 3.50. The molecule has 0 aromatic heterocycles. The van der Waals surface area contributed by atoms with Gasteiger partial charge in [0, 0.05) is 43.9 Å². The van der Waals surface area contributed by atoms with E-state index in [1.807, 2.05) is 18.2 Å². The summed E-state index contributed by atoms with van der Waals surface area (Å²) in [4.78, 5) is 7.04. The molecule has 2 aliphatic rings.